The molecule has 3 heteroatoms. The van der Waals surface area contributed by atoms with E-state index in [4.69, 9.17) is 0 Å². The minimum atomic E-state index is -0.271. The van der Waals surface area contributed by atoms with E-state index in [-0.39, 0.29) is 17.1 Å². The summed E-state index contributed by atoms with van der Waals surface area (Å²) < 4.78 is 0. The maximum absolute atomic E-state index is 13.0. The van der Waals surface area contributed by atoms with Gasteiger partial charge in [0.25, 0.3) is 0 Å². The predicted octanol–water partition coefficient (Wildman–Crippen LogP) is 6.56. The van der Waals surface area contributed by atoms with Gasteiger partial charge in [-0.15, -0.1) is 0 Å². The molecule has 0 aliphatic carbocycles. The van der Waals surface area contributed by atoms with Crippen molar-refractivity contribution in [1.82, 2.24) is 0 Å². The van der Waals surface area contributed by atoms with Crippen LogP contribution in [0.3, 0.4) is 0 Å². The van der Waals surface area contributed by atoms with Crippen LogP contribution in [0, 0.1) is 5.92 Å². The van der Waals surface area contributed by atoms with Crippen LogP contribution in [0.4, 0.5) is 0 Å². The zero-order valence-electron chi connectivity index (χ0n) is 18.8. The summed E-state index contributed by atoms with van der Waals surface area (Å²) >= 11 is 0. The van der Waals surface area contributed by atoms with Crippen molar-refractivity contribution in [2.24, 2.45) is 10.9 Å². The number of carbonyl (C=O) groups excluding carboxylic acids is 2. The molecule has 0 heterocycles. The van der Waals surface area contributed by atoms with E-state index >= 15 is 0 Å². The molecule has 2 atom stereocenters. The van der Waals surface area contributed by atoms with Crippen molar-refractivity contribution in [3.05, 3.63) is 94.8 Å². The molecule has 1 aromatic rings. The van der Waals surface area contributed by atoms with Gasteiger partial charge in [0, 0.05) is 5.57 Å². The summed E-state index contributed by atoms with van der Waals surface area (Å²) in [5.74, 6) is 0.462. The van der Waals surface area contributed by atoms with Crippen molar-refractivity contribution in [3.8, 4) is 0 Å². The first-order valence-electron chi connectivity index (χ1n) is 10.2. The minimum absolute atomic E-state index is 0.00170. The van der Waals surface area contributed by atoms with Gasteiger partial charge < -0.3 is 0 Å². The molecular weight excluding hydrogens is 370 g/mol. The van der Waals surface area contributed by atoms with Crippen LogP contribution in [-0.2, 0) is 9.59 Å². The highest BCUT2D eigenvalue weighted by molar-refractivity contribution is 6.14. The van der Waals surface area contributed by atoms with Crippen molar-refractivity contribution in [1.29, 1.82) is 0 Å². The molecule has 0 fully saturated rings. The number of nitrogens with zero attached hydrogens (tertiary/aromatic N) is 1. The van der Waals surface area contributed by atoms with Crippen LogP contribution in [0.15, 0.2) is 94.2 Å². The highest BCUT2D eigenvalue weighted by atomic mass is 16.1. The van der Waals surface area contributed by atoms with Gasteiger partial charge in [0.05, 0.1) is 5.57 Å². The summed E-state index contributed by atoms with van der Waals surface area (Å²) in [7, 11) is 0. The predicted molar refractivity (Wildman–Crippen MR) is 128 cm³/mol. The summed E-state index contributed by atoms with van der Waals surface area (Å²) in [5, 5.41) is 0. The Morgan fingerprint density at radius 1 is 1.13 bits per heavy atom. The van der Waals surface area contributed by atoms with Crippen LogP contribution < -0.4 is 0 Å². The molecule has 30 heavy (non-hydrogen) atoms. The van der Waals surface area contributed by atoms with Crippen LogP contribution >= 0.6 is 0 Å². The zero-order valence-corrected chi connectivity index (χ0v) is 18.8. The third kappa shape index (κ3) is 6.48. The Bertz CT molecular complexity index is 888. The lowest BCUT2D eigenvalue weighted by Gasteiger charge is -2.21. The average molecular weight is 404 g/mol. The van der Waals surface area contributed by atoms with E-state index in [0.717, 1.165) is 12.0 Å². The lowest BCUT2D eigenvalue weighted by atomic mass is 9.84. The monoisotopic (exact) mass is 403 g/mol. The number of benzene rings is 1. The first-order valence-corrected chi connectivity index (χ1v) is 10.2. The molecule has 0 radical (unpaired) electrons. The number of Topliss-reactive ketones (excluding diaryl/α,β-unsaturated/α-hetero) is 1. The Balaban J connectivity index is 3.19. The van der Waals surface area contributed by atoms with E-state index in [0.29, 0.717) is 23.7 Å². The van der Waals surface area contributed by atoms with E-state index in [1.54, 1.807) is 6.08 Å². The van der Waals surface area contributed by atoms with Crippen LogP contribution in [0.2, 0.25) is 0 Å². The molecule has 3 nitrogen and oxygen atoms in total. The van der Waals surface area contributed by atoms with Gasteiger partial charge in [-0.05, 0) is 44.4 Å². The van der Waals surface area contributed by atoms with Gasteiger partial charge in [-0.1, -0.05) is 93.1 Å². The van der Waals surface area contributed by atoms with E-state index in [9.17, 15) is 9.59 Å². The Kier molecular flexibility index (Phi) is 10.4. The molecule has 1 rings (SSSR count). The summed E-state index contributed by atoms with van der Waals surface area (Å²) in [4.78, 5) is 27.9. The highest BCUT2D eigenvalue weighted by Gasteiger charge is 2.17. The molecular formula is C27H33NO2. The molecule has 0 saturated heterocycles. The van der Waals surface area contributed by atoms with Gasteiger partial charge in [-0.2, -0.15) is 0 Å². The molecule has 2 unspecified atom stereocenters. The maximum Gasteiger partial charge on any atom is 0.195 e. The fraction of sp³-hybridized carbons (Fsp3) is 0.296. The zero-order chi connectivity index (χ0) is 22.7. The largest absolute Gasteiger partial charge is 0.296 e. The third-order valence-corrected chi connectivity index (χ3v) is 5.66. The van der Waals surface area contributed by atoms with Gasteiger partial charge >= 0.3 is 0 Å². The number of carbonyl (C=O) groups is 2. The van der Waals surface area contributed by atoms with Crippen LogP contribution in [-0.4, -0.2) is 18.8 Å². The lowest BCUT2D eigenvalue weighted by Crippen LogP contribution is -2.09. The normalized spacial score (nSPS) is 15.7. The summed E-state index contributed by atoms with van der Waals surface area (Å²) in [5.41, 5.74) is 4.17. The lowest BCUT2D eigenvalue weighted by molar-refractivity contribution is -0.112. The number of allylic oxidation sites excluding steroid dienone is 9. The van der Waals surface area contributed by atoms with Crippen LogP contribution in [0.25, 0.3) is 0 Å². The standard InChI is InChI=1S/C27H33NO2/c1-8-19(3)25(27(30)24(9-2)26(18-29)28-7)17-13-14-20(4)21(5)22(6)23-15-11-10-12-16-23/h9-18,21-22H,2,7-8H2,1,3-6H3/b17-13-,20-14+,25-19-,26-24+. The first kappa shape index (κ1) is 25.0. The maximum atomic E-state index is 13.0. The van der Waals surface area contributed by atoms with Crippen molar-refractivity contribution >= 4 is 18.8 Å². The summed E-state index contributed by atoms with van der Waals surface area (Å²) in [6.07, 6.45) is 8.36. The Labute approximate surface area is 181 Å². The smallest absolute Gasteiger partial charge is 0.195 e. The van der Waals surface area contributed by atoms with E-state index in [1.165, 1.54) is 17.2 Å². The molecule has 0 amide bonds. The second kappa shape index (κ2) is 12.5. The van der Waals surface area contributed by atoms with Crippen molar-refractivity contribution < 1.29 is 9.59 Å². The molecule has 0 aromatic heterocycles. The van der Waals surface area contributed by atoms with Crippen LogP contribution in [0.1, 0.15) is 52.5 Å². The molecule has 0 bridgehead atoms. The molecule has 0 saturated carbocycles. The van der Waals surface area contributed by atoms with Gasteiger partial charge in [-0.25, -0.2) is 0 Å². The van der Waals surface area contributed by atoms with Crippen molar-refractivity contribution in [2.45, 2.75) is 47.0 Å². The molecule has 0 aliphatic rings. The second-order valence-electron chi connectivity index (χ2n) is 7.41. The third-order valence-electron chi connectivity index (χ3n) is 5.66. The van der Waals surface area contributed by atoms with E-state index in [1.807, 2.05) is 32.1 Å². The van der Waals surface area contributed by atoms with Gasteiger partial charge in [-0.3, -0.25) is 14.6 Å². The number of rotatable bonds is 11. The van der Waals surface area contributed by atoms with E-state index in [2.05, 4.69) is 63.3 Å². The molecule has 0 N–H and O–H groups in total. The first-order chi connectivity index (χ1) is 14.3. The quantitative estimate of drug-likeness (QED) is 0.182. The number of aliphatic imine (C=N–C) groups is 1. The molecule has 1 aromatic carbocycles. The number of ketones is 1. The number of aldehydes is 1. The molecule has 158 valence electrons. The highest BCUT2D eigenvalue weighted by Crippen LogP contribution is 2.29. The Morgan fingerprint density at radius 3 is 2.27 bits per heavy atom. The Morgan fingerprint density at radius 2 is 1.77 bits per heavy atom. The molecule has 0 spiro atoms. The summed E-state index contributed by atoms with van der Waals surface area (Å²) in [6, 6.07) is 10.4. The number of hydrogen-bond acceptors (Lipinski definition) is 3. The Hall–Kier alpha value is -3.07. The summed E-state index contributed by atoms with van der Waals surface area (Å²) in [6.45, 7) is 17.5. The fourth-order valence-electron chi connectivity index (χ4n) is 3.13. The van der Waals surface area contributed by atoms with Gasteiger partial charge in [0.1, 0.15) is 5.70 Å². The van der Waals surface area contributed by atoms with Crippen molar-refractivity contribution in [2.75, 3.05) is 0 Å². The topological polar surface area (TPSA) is 46.5 Å². The SMILES string of the molecule is C=C/C(C(=O)C(/C=C\C=C(/C)C(C)C(C)c1ccccc1)=C(/C)CC)=C(/C=O)N=C. The molecule has 0 aliphatic heterocycles. The number of hydrogen-bond donors (Lipinski definition) is 0. The van der Waals surface area contributed by atoms with Crippen LogP contribution in [0.5, 0.6) is 0 Å². The fourth-order valence-corrected chi connectivity index (χ4v) is 3.13. The average Bonchev–Trinajstić information content (AvgIpc) is 2.78. The van der Waals surface area contributed by atoms with Gasteiger partial charge in [0.2, 0.25) is 0 Å². The van der Waals surface area contributed by atoms with Crippen molar-refractivity contribution in [3.63, 3.8) is 0 Å². The van der Waals surface area contributed by atoms with Gasteiger partial charge in [0.15, 0.2) is 12.1 Å². The second-order valence-corrected chi connectivity index (χ2v) is 7.41. The van der Waals surface area contributed by atoms with E-state index < -0.39 is 0 Å². The minimum Gasteiger partial charge on any atom is -0.296 e.